The molecule has 0 radical (unpaired) electrons. The van der Waals surface area contributed by atoms with E-state index < -0.39 is 0 Å². The van der Waals surface area contributed by atoms with Gasteiger partial charge < -0.3 is 10.8 Å². The zero-order valence-electron chi connectivity index (χ0n) is 6.15. The first kappa shape index (κ1) is 10.8. The molecule has 0 saturated heterocycles. The number of thiazole rings is 1. The van der Waals surface area contributed by atoms with Crippen LogP contribution < -0.4 is 5.73 Å². The maximum Gasteiger partial charge on any atom is 0.112 e. The van der Waals surface area contributed by atoms with Crippen LogP contribution in [-0.2, 0) is 0 Å². The van der Waals surface area contributed by atoms with Crippen molar-refractivity contribution in [2.75, 3.05) is 6.61 Å². The molecule has 0 aromatic carbocycles. The number of rotatable bonds is 2. The van der Waals surface area contributed by atoms with E-state index in [1.807, 2.05) is 6.92 Å². The molecule has 0 aliphatic carbocycles. The van der Waals surface area contributed by atoms with Gasteiger partial charge in [0.15, 0.2) is 0 Å². The van der Waals surface area contributed by atoms with E-state index in [0.29, 0.717) is 0 Å². The van der Waals surface area contributed by atoms with Gasteiger partial charge >= 0.3 is 0 Å². The van der Waals surface area contributed by atoms with Crippen LogP contribution in [0.5, 0.6) is 0 Å². The molecule has 1 aromatic heterocycles. The molecule has 11 heavy (non-hydrogen) atoms. The number of halogens is 1. The second kappa shape index (κ2) is 4.66. The molecule has 0 aliphatic heterocycles. The van der Waals surface area contributed by atoms with E-state index in [4.69, 9.17) is 10.8 Å². The Hall–Kier alpha value is -0.160. The molecule has 1 heterocycles. The highest BCUT2D eigenvalue weighted by molar-refractivity contribution is 7.11. The van der Waals surface area contributed by atoms with Crippen molar-refractivity contribution >= 4 is 23.7 Å². The standard InChI is InChI=1S/C6H10N2OS.ClH/c1-4-2-8-6(10-4)5(7)3-9;/h2,5,9H,3,7H2,1H3;1H/t5-;/m0./s1. The Morgan fingerprint density at radius 3 is 2.82 bits per heavy atom. The Kier molecular flexibility index (Phi) is 4.60. The van der Waals surface area contributed by atoms with Gasteiger partial charge in [0.05, 0.1) is 12.6 Å². The van der Waals surface area contributed by atoms with Crippen LogP contribution in [0.25, 0.3) is 0 Å². The maximum atomic E-state index is 8.64. The van der Waals surface area contributed by atoms with Crippen LogP contribution in [0.3, 0.4) is 0 Å². The van der Waals surface area contributed by atoms with Crippen LogP contribution in [0.2, 0.25) is 0 Å². The smallest absolute Gasteiger partial charge is 0.112 e. The molecule has 1 rings (SSSR count). The van der Waals surface area contributed by atoms with E-state index in [1.54, 1.807) is 6.20 Å². The summed E-state index contributed by atoms with van der Waals surface area (Å²) in [5.74, 6) is 0. The monoisotopic (exact) mass is 194 g/mol. The van der Waals surface area contributed by atoms with Crippen LogP contribution in [0.15, 0.2) is 6.20 Å². The molecule has 64 valence electrons. The lowest BCUT2D eigenvalue weighted by atomic mass is 10.4. The number of aliphatic hydroxyl groups is 1. The van der Waals surface area contributed by atoms with Gasteiger partial charge in [-0.2, -0.15) is 0 Å². The third kappa shape index (κ3) is 2.75. The van der Waals surface area contributed by atoms with Crippen molar-refractivity contribution in [1.82, 2.24) is 4.98 Å². The van der Waals surface area contributed by atoms with Crippen molar-refractivity contribution in [3.05, 3.63) is 16.1 Å². The highest BCUT2D eigenvalue weighted by Gasteiger charge is 2.06. The second-order valence-corrected chi connectivity index (χ2v) is 3.36. The largest absolute Gasteiger partial charge is 0.394 e. The average molecular weight is 195 g/mol. The molecule has 3 N–H and O–H groups in total. The predicted molar refractivity (Wildman–Crippen MR) is 48.1 cm³/mol. The summed E-state index contributed by atoms with van der Waals surface area (Å²) < 4.78 is 0. The van der Waals surface area contributed by atoms with Crippen molar-refractivity contribution in [2.24, 2.45) is 5.73 Å². The van der Waals surface area contributed by atoms with Gasteiger partial charge in [-0.15, -0.1) is 23.7 Å². The van der Waals surface area contributed by atoms with Crippen molar-refractivity contribution < 1.29 is 5.11 Å². The number of hydrogen-bond acceptors (Lipinski definition) is 4. The molecule has 1 atom stereocenters. The number of nitrogens with zero attached hydrogens (tertiary/aromatic N) is 1. The Bertz CT molecular complexity index is 216. The molecule has 0 spiro atoms. The van der Waals surface area contributed by atoms with Crippen LogP contribution in [0.1, 0.15) is 15.9 Å². The van der Waals surface area contributed by atoms with Crippen LogP contribution in [0, 0.1) is 6.92 Å². The summed E-state index contributed by atoms with van der Waals surface area (Å²) in [6.07, 6.45) is 1.76. The zero-order valence-corrected chi connectivity index (χ0v) is 7.78. The zero-order chi connectivity index (χ0) is 7.56. The molecule has 1 aromatic rings. The van der Waals surface area contributed by atoms with Gasteiger partial charge in [-0.1, -0.05) is 0 Å². The second-order valence-electron chi connectivity index (χ2n) is 2.10. The molecule has 3 nitrogen and oxygen atoms in total. The SMILES string of the molecule is Cc1cnc([C@@H](N)CO)s1.Cl. The topological polar surface area (TPSA) is 59.1 Å². The first-order chi connectivity index (χ1) is 4.74. The van der Waals surface area contributed by atoms with Crippen molar-refractivity contribution in [3.8, 4) is 0 Å². The Labute approximate surface area is 75.7 Å². The van der Waals surface area contributed by atoms with Gasteiger partial charge in [-0.3, -0.25) is 0 Å². The number of hydrogen-bond donors (Lipinski definition) is 2. The minimum absolute atomic E-state index is 0. The van der Waals surface area contributed by atoms with Gasteiger partial charge in [0, 0.05) is 11.1 Å². The molecule has 0 fully saturated rings. The lowest BCUT2D eigenvalue weighted by molar-refractivity contribution is 0.267. The summed E-state index contributed by atoms with van der Waals surface area (Å²) in [5.41, 5.74) is 5.51. The highest BCUT2D eigenvalue weighted by atomic mass is 35.5. The first-order valence-corrected chi connectivity index (χ1v) is 3.84. The molecule has 5 heteroatoms. The fourth-order valence-corrected chi connectivity index (χ4v) is 1.39. The van der Waals surface area contributed by atoms with Crippen LogP contribution in [0.4, 0.5) is 0 Å². The van der Waals surface area contributed by atoms with Gasteiger partial charge in [0.25, 0.3) is 0 Å². The fourth-order valence-electron chi connectivity index (χ4n) is 0.622. The Balaban J connectivity index is 0.000001000. The number of aliphatic hydroxyl groups excluding tert-OH is 1. The Morgan fingerprint density at radius 2 is 2.45 bits per heavy atom. The van der Waals surface area contributed by atoms with Crippen molar-refractivity contribution in [3.63, 3.8) is 0 Å². The predicted octanol–water partition coefficient (Wildman–Crippen LogP) is 0.865. The summed E-state index contributed by atoms with van der Waals surface area (Å²) in [6.45, 7) is 1.93. The molecular weight excluding hydrogens is 184 g/mol. The van der Waals surface area contributed by atoms with Gasteiger partial charge in [0.1, 0.15) is 5.01 Å². The molecule has 0 saturated carbocycles. The average Bonchev–Trinajstić information content (AvgIpc) is 2.34. The summed E-state index contributed by atoms with van der Waals surface area (Å²) in [6, 6.07) is -0.307. The number of aryl methyl sites for hydroxylation is 1. The number of aromatic nitrogens is 1. The first-order valence-electron chi connectivity index (χ1n) is 3.03. The van der Waals surface area contributed by atoms with Gasteiger partial charge in [-0.25, -0.2) is 4.98 Å². The maximum absolute atomic E-state index is 8.64. The molecule has 0 unspecified atom stereocenters. The third-order valence-electron chi connectivity index (χ3n) is 1.15. The summed E-state index contributed by atoms with van der Waals surface area (Å²) in [5, 5.41) is 9.44. The van der Waals surface area contributed by atoms with E-state index >= 15 is 0 Å². The lowest BCUT2D eigenvalue weighted by Gasteiger charge is -2.00. The lowest BCUT2D eigenvalue weighted by Crippen LogP contribution is -2.13. The van der Waals surface area contributed by atoms with Gasteiger partial charge in [0.2, 0.25) is 0 Å². The molecule has 0 aliphatic rings. The van der Waals surface area contributed by atoms with Crippen LogP contribution in [-0.4, -0.2) is 16.7 Å². The summed E-state index contributed by atoms with van der Waals surface area (Å²) in [4.78, 5) is 5.14. The van der Waals surface area contributed by atoms with E-state index in [2.05, 4.69) is 4.98 Å². The van der Waals surface area contributed by atoms with Gasteiger partial charge in [-0.05, 0) is 6.92 Å². The molecule has 0 amide bonds. The van der Waals surface area contributed by atoms with Crippen molar-refractivity contribution in [1.29, 1.82) is 0 Å². The van der Waals surface area contributed by atoms with Crippen LogP contribution >= 0.6 is 23.7 Å². The van der Waals surface area contributed by atoms with E-state index in [-0.39, 0.29) is 25.1 Å². The minimum Gasteiger partial charge on any atom is -0.394 e. The van der Waals surface area contributed by atoms with E-state index in [9.17, 15) is 0 Å². The number of nitrogens with two attached hydrogens (primary N) is 1. The Morgan fingerprint density at radius 1 is 1.82 bits per heavy atom. The van der Waals surface area contributed by atoms with Crippen molar-refractivity contribution in [2.45, 2.75) is 13.0 Å². The minimum atomic E-state index is -0.307. The van der Waals surface area contributed by atoms with E-state index in [1.165, 1.54) is 11.3 Å². The fraction of sp³-hybridized carbons (Fsp3) is 0.500. The summed E-state index contributed by atoms with van der Waals surface area (Å²) >= 11 is 1.52. The highest BCUT2D eigenvalue weighted by Crippen LogP contribution is 2.16. The summed E-state index contributed by atoms with van der Waals surface area (Å²) in [7, 11) is 0. The molecular formula is C6H11ClN2OS. The normalized spacial score (nSPS) is 12.3. The van der Waals surface area contributed by atoms with E-state index in [0.717, 1.165) is 9.88 Å². The third-order valence-corrected chi connectivity index (χ3v) is 2.20. The quantitative estimate of drug-likeness (QED) is 0.735. The molecule has 0 bridgehead atoms.